The van der Waals surface area contributed by atoms with Crippen LogP contribution in [0.5, 0.6) is 0 Å². The third-order valence-electron chi connectivity index (χ3n) is 2.22. The number of hydrogen-bond acceptors (Lipinski definition) is 1. The van der Waals surface area contributed by atoms with Gasteiger partial charge < -0.3 is 0 Å². The average Bonchev–Trinajstić information content (AvgIpc) is 2.32. The molecule has 2 rings (SSSR count). The van der Waals surface area contributed by atoms with Gasteiger partial charge in [-0.1, -0.05) is 23.7 Å². The molecule has 18 heavy (non-hydrogen) atoms. The molecule has 0 fully saturated rings. The summed E-state index contributed by atoms with van der Waals surface area (Å²) < 4.78 is 65.9. The fraction of sp³-hybridized carbons (Fsp3) is 0. The summed E-state index contributed by atoms with van der Waals surface area (Å²) in [5.74, 6) is -7.68. The van der Waals surface area contributed by atoms with Crippen molar-refractivity contribution in [2.24, 2.45) is 0 Å². The summed E-state index contributed by atoms with van der Waals surface area (Å²) >= 11 is 5.40. The highest BCUT2D eigenvalue weighted by atomic mass is 35.5. The molecule has 0 N–H and O–H groups in total. The van der Waals surface area contributed by atoms with Gasteiger partial charge in [0.25, 0.3) is 5.95 Å². The Balaban J connectivity index is 2.83. The molecule has 0 aliphatic carbocycles. The predicted molar refractivity (Wildman–Crippen MR) is 54.5 cm³/mol. The first-order valence-corrected chi connectivity index (χ1v) is 4.95. The van der Waals surface area contributed by atoms with Gasteiger partial charge in [-0.15, -0.1) is 0 Å². The lowest BCUT2D eigenvalue weighted by atomic mass is 10.1. The second-order valence-electron chi connectivity index (χ2n) is 3.30. The second kappa shape index (κ2) is 4.53. The van der Waals surface area contributed by atoms with E-state index >= 15 is 0 Å². The molecule has 7 heteroatoms. The summed E-state index contributed by atoms with van der Waals surface area (Å²) in [6.45, 7) is 0. The SMILES string of the molecule is Fc1cccc(-c2c(F)c(F)nc(F)c2Cl)c1F. The zero-order chi connectivity index (χ0) is 13.4. The van der Waals surface area contributed by atoms with Crippen LogP contribution in [0.25, 0.3) is 11.1 Å². The monoisotopic (exact) mass is 279 g/mol. The number of hydrogen-bond donors (Lipinski definition) is 0. The molecule has 1 nitrogen and oxygen atoms in total. The zero-order valence-electron chi connectivity index (χ0n) is 8.45. The molecule has 0 saturated heterocycles. The zero-order valence-corrected chi connectivity index (χ0v) is 9.20. The summed E-state index contributed by atoms with van der Waals surface area (Å²) in [6.07, 6.45) is 0. The molecule has 94 valence electrons. The second-order valence-corrected chi connectivity index (χ2v) is 3.68. The van der Waals surface area contributed by atoms with Crippen LogP contribution in [0, 0.1) is 29.3 Å². The van der Waals surface area contributed by atoms with Gasteiger partial charge in [0.15, 0.2) is 17.5 Å². The fourth-order valence-corrected chi connectivity index (χ4v) is 1.65. The predicted octanol–water partition coefficient (Wildman–Crippen LogP) is 4.10. The van der Waals surface area contributed by atoms with Crippen LogP contribution < -0.4 is 0 Å². The normalized spacial score (nSPS) is 10.8. The maximum atomic E-state index is 13.5. The maximum Gasteiger partial charge on any atom is 0.252 e. The topological polar surface area (TPSA) is 12.9 Å². The van der Waals surface area contributed by atoms with Crippen LogP contribution in [-0.4, -0.2) is 4.98 Å². The van der Waals surface area contributed by atoms with Crippen molar-refractivity contribution in [3.8, 4) is 11.1 Å². The van der Waals surface area contributed by atoms with Crippen LogP contribution in [0.15, 0.2) is 18.2 Å². The average molecular weight is 280 g/mol. The minimum atomic E-state index is -1.78. The van der Waals surface area contributed by atoms with E-state index in [1.54, 1.807) is 0 Å². The van der Waals surface area contributed by atoms with Gasteiger partial charge in [-0.05, 0) is 6.07 Å². The number of benzene rings is 1. The summed E-state index contributed by atoms with van der Waals surface area (Å²) in [4.78, 5) is 2.55. The molecule has 0 unspecified atom stereocenters. The molecular weight excluding hydrogens is 277 g/mol. The molecule has 0 amide bonds. The third-order valence-corrected chi connectivity index (χ3v) is 2.56. The lowest BCUT2D eigenvalue weighted by Gasteiger charge is -2.08. The van der Waals surface area contributed by atoms with Gasteiger partial charge in [0, 0.05) is 11.1 Å². The van der Waals surface area contributed by atoms with Crippen molar-refractivity contribution in [3.05, 3.63) is 52.6 Å². The van der Waals surface area contributed by atoms with Gasteiger partial charge in [-0.3, -0.25) is 0 Å². The summed E-state index contributed by atoms with van der Waals surface area (Å²) in [6, 6.07) is 2.78. The fourth-order valence-electron chi connectivity index (χ4n) is 1.42. The van der Waals surface area contributed by atoms with Crippen LogP contribution in [0.1, 0.15) is 0 Å². The Kier molecular flexibility index (Phi) is 3.21. The summed E-state index contributed by atoms with van der Waals surface area (Å²) in [5, 5.41) is -0.918. The van der Waals surface area contributed by atoms with Crippen molar-refractivity contribution >= 4 is 11.6 Å². The Morgan fingerprint density at radius 1 is 0.889 bits per heavy atom. The number of rotatable bonds is 1. The van der Waals surface area contributed by atoms with Gasteiger partial charge in [-0.25, -0.2) is 13.2 Å². The number of aromatic nitrogens is 1. The van der Waals surface area contributed by atoms with Gasteiger partial charge in [0.2, 0.25) is 5.95 Å². The maximum absolute atomic E-state index is 13.5. The molecule has 0 spiro atoms. The number of pyridine rings is 1. The Morgan fingerprint density at radius 3 is 2.22 bits per heavy atom. The van der Waals surface area contributed by atoms with Crippen LogP contribution in [0.4, 0.5) is 22.0 Å². The van der Waals surface area contributed by atoms with Crippen LogP contribution in [0.3, 0.4) is 0 Å². The molecule has 1 aromatic carbocycles. The molecule has 0 aliphatic rings. The quantitative estimate of drug-likeness (QED) is 0.566. The molecule has 0 bridgehead atoms. The van der Waals surface area contributed by atoms with Crippen molar-refractivity contribution in [2.45, 2.75) is 0 Å². The number of nitrogens with zero attached hydrogens (tertiary/aromatic N) is 1. The Bertz CT molecular complexity index is 603. The highest BCUT2D eigenvalue weighted by Gasteiger charge is 2.23. The van der Waals surface area contributed by atoms with Crippen LogP contribution >= 0.6 is 11.6 Å². The molecule has 0 aliphatic heterocycles. The smallest absolute Gasteiger partial charge is 0.204 e. The molecule has 0 saturated carbocycles. The lowest BCUT2D eigenvalue weighted by Crippen LogP contribution is -2.01. The summed E-state index contributed by atoms with van der Waals surface area (Å²) in [7, 11) is 0. The standard InChI is InChI=1S/C11H3ClF5N/c12-7-6(9(15)11(17)18-10(7)16)4-2-1-3-5(13)8(4)14/h1-3H. The van der Waals surface area contributed by atoms with E-state index in [-0.39, 0.29) is 0 Å². The molecule has 0 radical (unpaired) electrons. The number of halogens is 6. The highest BCUT2D eigenvalue weighted by Crippen LogP contribution is 2.34. The lowest BCUT2D eigenvalue weighted by molar-refractivity contribution is 0.449. The Hall–Kier alpha value is -1.69. The third kappa shape index (κ3) is 1.92. The van der Waals surface area contributed by atoms with Crippen LogP contribution in [0.2, 0.25) is 5.02 Å². The molecule has 2 aromatic rings. The largest absolute Gasteiger partial charge is 0.252 e. The van der Waals surface area contributed by atoms with Crippen LogP contribution in [-0.2, 0) is 0 Å². The van der Waals surface area contributed by atoms with Gasteiger partial charge >= 0.3 is 0 Å². The van der Waals surface area contributed by atoms with Gasteiger partial charge in [-0.2, -0.15) is 13.8 Å². The molecule has 1 aromatic heterocycles. The minimum absolute atomic E-state index is 0.683. The highest BCUT2D eigenvalue weighted by molar-refractivity contribution is 6.33. The van der Waals surface area contributed by atoms with Crippen molar-refractivity contribution in [1.82, 2.24) is 4.98 Å². The Labute approximate surface area is 103 Å². The van der Waals surface area contributed by atoms with E-state index in [0.29, 0.717) is 0 Å². The van der Waals surface area contributed by atoms with Crippen molar-refractivity contribution < 1.29 is 22.0 Å². The first kappa shape index (κ1) is 12.8. The van der Waals surface area contributed by atoms with Crippen molar-refractivity contribution in [3.63, 3.8) is 0 Å². The van der Waals surface area contributed by atoms with E-state index < -0.39 is 45.5 Å². The molecule has 1 heterocycles. The van der Waals surface area contributed by atoms with E-state index in [0.717, 1.165) is 18.2 Å². The van der Waals surface area contributed by atoms with Gasteiger partial charge in [0.1, 0.15) is 5.02 Å². The minimum Gasteiger partial charge on any atom is -0.204 e. The molecule has 0 atom stereocenters. The van der Waals surface area contributed by atoms with E-state index in [1.807, 2.05) is 0 Å². The first-order chi connectivity index (χ1) is 8.43. The summed E-state index contributed by atoms with van der Waals surface area (Å²) in [5.41, 5.74) is -1.59. The van der Waals surface area contributed by atoms with Crippen molar-refractivity contribution in [1.29, 1.82) is 0 Å². The van der Waals surface area contributed by atoms with E-state index in [1.165, 1.54) is 0 Å². The molecular formula is C11H3ClF5N. The first-order valence-electron chi connectivity index (χ1n) is 4.58. The Morgan fingerprint density at radius 2 is 1.56 bits per heavy atom. The van der Waals surface area contributed by atoms with Crippen molar-refractivity contribution in [2.75, 3.05) is 0 Å². The van der Waals surface area contributed by atoms with E-state index in [2.05, 4.69) is 4.98 Å². The van der Waals surface area contributed by atoms with E-state index in [4.69, 9.17) is 11.6 Å². The van der Waals surface area contributed by atoms with Gasteiger partial charge in [0.05, 0.1) is 0 Å². The van der Waals surface area contributed by atoms with E-state index in [9.17, 15) is 22.0 Å².